The molecule has 0 saturated carbocycles. The molecule has 0 radical (unpaired) electrons. The number of rotatable bonds is 9. The number of aldehydes is 1. The smallest absolute Gasteiger partial charge is 0.246 e. The summed E-state index contributed by atoms with van der Waals surface area (Å²) in [7, 11) is 3.44. The number of furan rings is 1. The summed E-state index contributed by atoms with van der Waals surface area (Å²) in [6.07, 6.45) is 4.11. The van der Waals surface area contributed by atoms with E-state index in [0.29, 0.717) is 29.9 Å². The summed E-state index contributed by atoms with van der Waals surface area (Å²) >= 11 is 0. The van der Waals surface area contributed by atoms with Gasteiger partial charge in [-0.2, -0.15) is 0 Å². The zero-order valence-corrected chi connectivity index (χ0v) is 17.8. The van der Waals surface area contributed by atoms with Crippen LogP contribution in [0.3, 0.4) is 0 Å². The van der Waals surface area contributed by atoms with Gasteiger partial charge in [-0.05, 0) is 30.7 Å². The van der Waals surface area contributed by atoms with Crippen LogP contribution in [0.5, 0.6) is 0 Å². The number of carbonyl (C=O) groups is 2. The van der Waals surface area contributed by atoms with Crippen LogP contribution in [0, 0.1) is 6.92 Å². The van der Waals surface area contributed by atoms with E-state index in [2.05, 4.69) is 15.6 Å². The van der Waals surface area contributed by atoms with Crippen molar-refractivity contribution in [3.05, 3.63) is 59.5 Å². The highest BCUT2D eigenvalue weighted by molar-refractivity contribution is 5.92. The first-order chi connectivity index (χ1) is 14.9. The van der Waals surface area contributed by atoms with Gasteiger partial charge in [-0.1, -0.05) is 18.2 Å². The minimum atomic E-state index is -1.11. The van der Waals surface area contributed by atoms with Gasteiger partial charge in [0, 0.05) is 43.9 Å². The lowest BCUT2D eigenvalue weighted by Crippen LogP contribution is -2.24. The number of anilines is 2. The molecule has 1 amide bonds. The van der Waals surface area contributed by atoms with Crippen LogP contribution in [0.25, 0.3) is 17.0 Å². The molecule has 8 nitrogen and oxygen atoms in total. The maximum absolute atomic E-state index is 12.6. The second-order valence-electron chi connectivity index (χ2n) is 7.17. The normalized spacial score (nSPS) is 12.1. The van der Waals surface area contributed by atoms with Crippen molar-refractivity contribution < 1.29 is 19.1 Å². The van der Waals surface area contributed by atoms with E-state index < -0.39 is 6.10 Å². The number of likely N-dealkylation sites (N-methyl/N-ethyl adjacent to an activating group) is 1. The number of nitrogens with zero attached hydrogens (tertiary/aromatic N) is 2. The first-order valence-corrected chi connectivity index (χ1v) is 9.88. The molecule has 0 spiro atoms. The van der Waals surface area contributed by atoms with Crippen LogP contribution in [-0.2, 0) is 16.1 Å². The van der Waals surface area contributed by atoms with Crippen molar-refractivity contribution in [3.63, 3.8) is 0 Å². The molecule has 2 aromatic heterocycles. The minimum Gasteiger partial charge on any atom is -0.459 e. The number of aliphatic hydroxyl groups is 1. The molecule has 1 atom stereocenters. The second kappa shape index (κ2) is 9.90. The Bertz CT molecular complexity index is 1110. The van der Waals surface area contributed by atoms with Crippen molar-refractivity contribution in [2.45, 2.75) is 19.6 Å². The number of aryl methyl sites for hydroxylation is 1. The number of amides is 1. The third-order valence-electron chi connectivity index (χ3n) is 4.92. The minimum absolute atomic E-state index is 0.0611. The molecule has 3 rings (SSSR count). The lowest BCUT2D eigenvalue weighted by Gasteiger charge is -2.14. The molecule has 0 fully saturated rings. The van der Waals surface area contributed by atoms with Gasteiger partial charge in [-0.15, -0.1) is 0 Å². The van der Waals surface area contributed by atoms with Gasteiger partial charge in [0.15, 0.2) is 0 Å². The number of pyridine rings is 1. The fourth-order valence-electron chi connectivity index (χ4n) is 3.13. The molecule has 3 N–H and O–H groups in total. The number of hydrogen-bond acceptors (Lipinski definition) is 7. The summed E-state index contributed by atoms with van der Waals surface area (Å²) in [6, 6.07) is 9.57. The maximum atomic E-state index is 12.6. The Balaban J connectivity index is 1.69. The molecule has 3 aromatic rings. The van der Waals surface area contributed by atoms with E-state index in [1.165, 1.54) is 6.08 Å². The Kier molecular flexibility index (Phi) is 7.04. The van der Waals surface area contributed by atoms with Crippen LogP contribution in [0.1, 0.15) is 16.9 Å². The topological polar surface area (TPSA) is 108 Å². The number of hydrogen-bond donors (Lipinski definition) is 3. The van der Waals surface area contributed by atoms with E-state index in [0.717, 1.165) is 22.3 Å². The summed E-state index contributed by atoms with van der Waals surface area (Å²) < 4.78 is 5.89. The molecule has 1 unspecified atom stereocenters. The molecule has 0 bridgehead atoms. The number of nitrogens with one attached hydrogen (secondary N) is 2. The summed E-state index contributed by atoms with van der Waals surface area (Å²) in [5.74, 6) is 1.15. The van der Waals surface area contributed by atoms with E-state index in [1.807, 2.05) is 31.2 Å². The Labute approximate surface area is 180 Å². The molecule has 162 valence electrons. The summed E-state index contributed by atoms with van der Waals surface area (Å²) in [4.78, 5) is 29.1. The number of aromatic nitrogens is 1. The van der Waals surface area contributed by atoms with Gasteiger partial charge < -0.3 is 29.9 Å². The first-order valence-electron chi connectivity index (χ1n) is 9.88. The van der Waals surface area contributed by atoms with Gasteiger partial charge in [0.1, 0.15) is 29.6 Å². The van der Waals surface area contributed by atoms with Gasteiger partial charge in [-0.25, -0.2) is 4.98 Å². The largest absolute Gasteiger partial charge is 0.459 e. The lowest BCUT2D eigenvalue weighted by molar-refractivity contribution is -0.125. The number of carbonyl (C=O) groups excluding carboxylic acids is 2. The van der Waals surface area contributed by atoms with E-state index in [9.17, 15) is 14.7 Å². The summed E-state index contributed by atoms with van der Waals surface area (Å²) in [5, 5.41) is 16.4. The average Bonchev–Trinajstić information content (AvgIpc) is 3.10. The van der Waals surface area contributed by atoms with Gasteiger partial charge in [0.05, 0.1) is 12.2 Å². The van der Waals surface area contributed by atoms with Crippen LogP contribution in [-0.4, -0.2) is 53.9 Å². The standard InChI is InChI=1S/C23H26N4O4/c1-15-18-6-4-5-7-20(18)31-21(15)13-27(3)22(30)9-8-16-10-19(23(24-2)26-11-16)25-12-17(29)14-28/h4-11,14,17,25,29H,12-13H2,1-3H3,(H,24,26)/b9-8+. The summed E-state index contributed by atoms with van der Waals surface area (Å²) in [6.45, 7) is 2.41. The van der Waals surface area contributed by atoms with Gasteiger partial charge in [0.2, 0.25) is 5.91 Å². The number of fused-ring (bicyclic) bond motifs is 1. The highest BCUT2D eigenvalue weighted by atomic mass is 16.3. The second-order valence-corrected chi connectivity index (χ2v) is 7.17. The van der Waals surface area contributed by atoms with E-state index >= 15 is 0 Å². The van der Waals surface area contributed by atoms with Crippen molar-refractivity contribution in [1.29, 1.82) is 0 Å². The van der Waals surface area contributed by atoms with Gasteiger partial charge in [-0.3, -0.25) is 4.79 Å². The monoisotopic (exact) mass is 422 g/mol. The zero-order valence-electron chi connectivity index (χ0n) is 17.8. The molecule has 0 aliphatic carbocycles. The van der Waals surface area contributed by atoms with Crippen LogP contribution in [0.2, 0.25) is 0 Å². The molecule has 2 heterocycles. The van der Waals surface area contributed by atoms with Crippen molar-refractivity contribution in [2.75, 3.05) is 31.3 Å². The van der Waals surface area contributed by atoms with Crippen molar-refractivity contribution in [3.8, 4) is 0 Å². The molecular formula is C23H26N4O4. The van der Waals surface area contributed by atoms with Crippen LogP contribution in [0.4, 0.5) is 11.5 Å². The van der Waals surface area contributed by atoms with Crippen LogP contribution >= 0.6 is 0 Å². The molecule has 31 heavy (non-hydrogen) atoms. The fourth-order valence-corrected chi connectivity index (χ4v) is 3.13. The SMILES string of the molecule is CNc1ncc(/C=C/C(=O)N(C)Cc2oc3ccccc3c2C)cc1NCC(O)C=O. The quantitative estimate of drug-likeness (QED) is 0.359. The zero-order chi connectivity index (χ0) is 22.4. The predicted octanol–water partition coefficient (Wildman–Crippen LogP) is 2.82. The molecule has 0 saturated heterocycles. The molecular weight excluding hydrogens is 396 g/mol. The molecule has 8 heteroatoms. The van der Waals surface area contributed by atoms with E-state index in [-0.39, 0.29) is 12.5 Å². The van der Waals surface area contributed by atoms with E-state index in [4.69, 9.17) is 4.42 Å². The third-order valence-corrected chi connectivity index (χ3v) is 4.92. The van der Waals surface area contributed by atoms with Crippen molar-refractivity contribution in [1.82, 2.24) is 9.88 Å². The van der Waals surface area contributed by atoms with Crippen LogP contribution in [0.15, 0.2) is 47.0 Å². The number of benzene rings is 1. The summed E-state index contributed by atoms with van der Waals surface area (Å²) in [5.41, 5.74) is 3.15. The third kappa shape index (κ3) is 5.29. The average molecular weight is 422 g/mol. The molecule has 0 aliphatic rings. The molecule has 1 aromatic carbocycles. The first kappa shape index (κ1) is 22.0. The lowest BCUT2D eigenvalue weighted by atomic mass is 10.1. The highest BCUT2D eigenvalue weighted by Gasteiger charge is 2.14. The maximum Gasteiger partial charge on any atom is 0.246 e. The number of para-hydroxylation sites is 1. The van der Waals surface area contributed by atoms with E-state index in [1.54, 1.807) is 37.3 Å². The van der Waals surface area contributed by atoms with Crippen molar-refractivity contribution >= 4 is 40.7 Å². The fraction of sp³-hybridized carbons (Fsp3) is 0.261. The Morgan fingerprint density at radius 3 is 2.84 bits per heavy atom. The van der Waals surface area contributed by atoms with Crippen molar-refractivity contribution in [2.24, 2.45) is 0 Å². The highest BCUT2D eigenvalue weighted by Crippen LogP contribution is 2.26. The Morgan fingerprint density at radius 2 is 2.13 bits per heavy atom. The molecule has 0 aliphatic heterocycles. The van der Waals surface area contributed by atoms with Crippen LogP contribution < -0.4 is 10.6 Å². The Hall–Kier alpha value is -3.65. The van der Waals surface area contributed by atoms with Gasteiger partial charge in [0.25, 0.3) is 0 Å². The van der Waals surface area contributed by atoms with Gasteiger partial charge >= 0.3 is 0 Å². The number of aliphatic hydroxyl groups excluding tert-OH is 1. The predicted molar refractivity (Wildman–Crippen MR) is 121 cm³/mol. The Morgan fingerprint density at radius 1 is 1.35 bits per heavy atom.